The number of hydrogen-bond donors (Lipinski definition) is 2. The molecule has 2 heterocycles. The number of thiazole rings is 1. The summed E-state index contributed by atoms with van der Waals surface area (Å²) in [6.07, 6.45) is 3.40. The summed E-state index contributed by atoms with van der Waals surface area (Å²) in [7, 11) is 0. The van der Waals surface area contributed by atoms with Gasteiger partial charge in [0, 0.05) is 30.6 Å². The van der Waals surface area contributed by atoms with E-state index in [2.05, 4.69) is 27.4 Å². The molecule has 0 radical (unpaired) electrons. The molecule has 5 nitrogen and oxygen atoms in total. The average molecular weight is 353 g/mol. The summed E-state index contributed by atoms with van der Waals surface area (Å²) in [5.74, 6) is 0.0566. The van der Waals surface area contributed by atoms with Crippen LogP contribution in [0.3, 0.4) is 0 Å². The maximum absolute atomic E-state index is 12.0. The first-order valence-corrected chi connectivity index (χ1v) is 7.77. The van der Waals surface area contributed by atoms with Crippen LogP contribution in [0.2, 0.25) is 0 Å². The van der Waals surface area contributed by atoms with Crippen molar-refractivity contribution in [1.82, 2.24) is 15.2 Å². The Hall–Kier alpha value is -0.400. The van der Waals surface area contributed by atoms with Gasteiger partial charge in [0.05, 0.1) is 12.2 Å². The zero-order chi connectivity index (χ0) is 13.2. The van der Waals surface area contributed by atoms with Gasteiger partial charge in [-0.25, -0.2) is 4.98 Å². The summed E-state index contributed by atoms with van der Waals surface area (Å²) in [5, 5.41) is 7.05. The minimum Gasteiger partial charge on any atom is -0.314 e. The number of carbonyl (C=O) groups excluding carboxylic acids is 1. The molecule has 1 aromatic heterocycles. The Morgan fingerprint density at radius 2 is 2.29 bits per heavy atom. The Bertz CT molecular complexity index is 461. The predicted molar refractivity (Wildman–Crippen MR) is 91.2 cm³/mol. The largest absolute Gasteiger partial charge is 0.314 e. The molecule has 1 atom stereocenters. The molecule has 1 aromatic rings. The number of halogens is 2. The topological polar surface area (TPSA) is 57.3 Å². The van der Waals surface area contributed by atoms with Crippen molar-refractivity contribution in [2.24, 2.45) is 0 Å². The summed E-state index contributed by atoms with van der Waals surface area (Å²) >= 11 is 1.64. The van der Waals surface area contributed by atoms with Crippen molar-refractivity contribution in [1.29, 1.82) is 0 Å². The van der Waals surface area contributed by atoms with Gasteiger partial charge in [0.25, 0.3) is 0 Å². The van der Waals surface area contributed by atoms with E-state index in [1.165, 1.54) is 17.0 Å². The number of nitrogens with one attached hydrogen (secondary N) is 2. The number of hydrogen-bond acceptors (Lipinski definition) is 5. The number of piperazine rings is 1. The van der Waals surface area contributed by atoms with E-state index < -0.39 is 0 Å². The second-order valence-electron chi connectivity index (χ2n) is 5.31. The Balaban J connectivity index is 0.00000110. The monoisotopic (exact) mass is 352 g/mol. The maximum atomic E-state index is 12.0. The highest BCUT2D eigenvalue weighted by atomic mass is 35.5. The number of fused-ring (bicyclic) bond motifs is 1. The minimum absolute atomic E-state index is 0. The number of nitrogens with zero attached hydrogens (tertiary/aromatic N) is 2. The van der Waals surface area contributed by atoms with E-state index in [1.807, 2.05) is 0 Å². The number of anilines is 1. The van der Waals surface area contributed by atoms with Gasteiger partial charge in [-0.1, -0.05) is 0 Å². The Morgan fingerprint density at radius 3 is 3.00 bits per heavy atom. The molecule has 0 spiro atoms. The summed E-state index contributed by atoms with van der Waals surface area (Å²) < 4.78 is 0. The fraction of sp³-hybridized carbons (Fsp3) is 0.692. The van der Waals surface area contributed by atoms with E-state index in [1.54, 1.807) is 11.3 Å². The number of aromatic nitrogens is 1. The molecule has 0 saturated carbocycles. The molecule has 21 heavy (non-hydrogen) atoms. The van der Waals surface area contributed by atoms with Crippen LogP contribution in [-0.2, 0) is 17.6 Å². The number of aryl methyl sites for hydroxylation is 2. The smallest absolute Gasteiger partial charge is 0.240 e. The first-order valence-electron chi connectivity index (χ1n) is 6.95. The van der Waals surface area contributed by atoms with E-state index in [0.29, 0.717) is 12.6 Å². The van der Waals surface area contributed by atoms with Crippen molar-refractivity contribution >= 4 is 47.2 Å². The van der Waals surface area contributed by atoms with Crippen LogP contribution in [0.25, 0.3) is 0 Å². The third-order valence-electron chi connectivity index (χ3n) is 3.83. The van der Waals surface area contributed by atoms with Crippen LogP contribution in [-0.4, -0.2) is 48.0 Å². The molecule has 1 aliphatic carbocycles. The van der Waals surface area contributed by atoms with Crippen LogP contribution in [0.15, 0.2) is 0 Å². The van der Waals surface area contributed by atoms with Crippen LogP contribution in [0.5, 0.6) is 0 Å². The van der Waals surface area contributed by atoms with Gasteiger partial charge >= 0.3 is 0 Å². The molecule has 1 amide bonds. The van der Waals surface area contributed by atoms with Crippen LogP contribution in [0, 0.1) is 0 Å². The summed E-state index contributed by atoms with van der Waals surface area (Å²) in [5.41, 5.74) is 1.19. The van der Waals surface area contributed by atoms with Crippen LogP contribution < -0.4 is 10.6 Å². The highest BCUT2D eigenvalue weighted by Gasteiger charge is 2.22. The second-order valence-corrected chi connectivity index (χ2v) is 6.40. The standard InChI is InChI=1S/C13H20N4OS.2ClH/c1-9-7-14-5-6-17(9)8-12(18)16-13-15-10-3-2-4-11(10)19-13;;/h9,14H,2-8H2,1H3,(H,15,16,18);2*1H/t9-;;/m0../s1. The predicted octanol–water partition coefficient (Wildman–Crippen LogP) is 1.71. The highest BCUT2D eigenvalue weighted by molar-refractivity contribution is 7.15. The third kappa shape index (κ3) is 4.53. The van der Waals surface area contributed by atoms with Gasteiger partial charge in [-0.3, -0.25) is 9.69 Å². The summed E-state index contributed by atoms with van der Waals surface area (Å²) in [4.78, 5) is 20.1. The zero-order valence-corrected chi connectivity index (χ0v) is 14.5. The van der Waals surface area contributed by atoms with Crippen molar-refractivity contribution < 1.29 is 4.79 Å². The van der Waals surface area contributed by atoms with Crippen LogP contribution in [0.4, 0.5) is 5.13 Å². The molecule has 1 fully saturated rings. The third-order valence-corrected chi connectivity index (χ3v) is 4.90. The fourth-order valence-corrected chi connectivity index (χ4v) is 3.77. The first kappa shape index (κ1) is 18.6. The molecule has 2 aliphatic rings. The molecule has 0 aromatic carbocycles. The van der Waals surface area contributed by atoms with Crippen LogP contribution >= 0.6 is 36.2 Å². The highest BCUT2D eigenvalue weighted by Crippen LogP contribution is 2.30. The molecule has 1 aliphatic heterocycles. The van der Waals surface area contributed by atoms with E-state index in [-0.39, 0.29) is 30.7 Å². The normalized spacial score (nSPS) is 21.1. The van der Waals surface area contributed by atoms with Gasteiger partial charge in [-0.05, 0) is 26.2 Å². The van der Waals surface area contributed by atoms with Crippen molar-refractivity contribution in [3.05, 3.63) is 10.6 Å². The lowest BCUT2D eigenvalue weighted by Gasteiger charge is -2.33. The lowest BCUT2D eigenvalue weighted by Crippen LogP contribution is -2.51. The van der Waals surface area contributed by atoms with Gasteiger partial charge in [0.2, 0.25) is 5.91 Å². The number of amides is 1. The van der Waals surface area contributed by atoms with Gasteiger partial charge < -0.3 is 10.6 Å². The molecule has 1 saturated heterocycles. The SMILES string of the molecule is C[C@H]1CNCCN1CC(=O)Nc1nc2c(s1)CCC2.Cl.Cl. The Kier molecular flexibility index (Phi) is 7.36. The minimum atomic E-state index is 0. The molecule has 0 unspecified atom stereocenters. The molecule has 3 rings (SSSR count). The van der Waals surface area contributed by atoms with Gasteiger partial charge in [0.15, 0.2) is 5.13 Å². The molecule has 0 bridgehead atoms. The first-order chi connectivity index (χ1) is 9.22. The second kappa shape index (κ2) is 8.29. The lowest BCUT2D eigenvalue weighted by molar-refractivity contribution is -0.118. The van der Waals surface area contributed by atoms with Crippen molar-refractivity contribution in [2.75, 3.05) is 31.5 Å². The van der Waals surface area contributed by atoms with Crippen molar-refractivity contribution in [2.45, 2.75) is 32.2 Å². The molecular formula is C13H22Cl2N4OS. The lowest BCUT2D eigenvalue weighted by atomic mass is 10.2. The maximum Gasteiger partial charge on any atom is 0.240 e. The Morgan fingerprint density at radius 1 is 1.48 bits per heavy atom. The van der Waals surface area contributed by atoms with E-state index in [0.717, 1.165) is 37.6 Å². The molecule has 120 valence electrons. The van der Waals surface area contributed by atoms with E-state index in [9.17, 15) is 4.79 Å². The fourth-order valence-electron chi connectivity index (χ4n) is 2.71. The summed E-state index contributed by atoms with van der Waals surface area (Å²) in [6.45, 7) is 5.47. The van der Waals surface area contributed by atoms with Crippen LogP contribution in [0.1, 0.15) is 23.9 Å². The van der Waals surface area contributed by atoms with Gasteiger partial charge in [-0.15, -0.1) is 36.2 Å². The average Bonchev–Trinajstić information content (AvgIpc) is 2.92. The zero-order valence-electron chi connectivity index (χ0n) is 12.1. The quantitative estimate of drug-likeness (QED) is 0.869. The molecular weight excluding hydrogens is 331 g/mol. The van der Waals surface area contributed by atoms with Gasteiger partial charge in [0.1, 0.15) is 0 Å². The Labute approximate surface area is 141 Å². The number of rotatable bonds is 3. The molecule has 2 N–H and O–H groups in total. The van der Waals surface area contributed by atoms with Crippen molar-refractivity contribution in [3.63, 3.8) is 0 Å². The summed E-state index contributed by atoms with van der Waals surface area (Å²) in [6, 6.07) is 0.417. The number of carbonyl (C=O) groups is 1. The van der Waals surface area contributed by atoms with E-state index in [4.69, 9.17) is 0 Å². The van der Waals surface area contributed by atoms with Crippen molar-refractivity contribution in [3.8, 4) is 0 Å². The molecule has 8 heteroatoms. The van der Waals surface area contributed by atoms with E-state index >= 15 is 0 Å². The van der Waals surface area contributed by atoms with Gasteiger partial charge in [-0.2, -0.15) is 0 Å².